The molecule has 0 spiro atoms. The molecule has 1 heterocycles. The fourth-order valence-electron chi connectivity index (χ4n) is 0.488. The van der Waals surface area contributed by atoms with E-state index in [9.17, 15) is 9.59 Å². The number of ether oxygens (including phenoxy) is 1. The van der Waals surface area contributed by atoms with E-state index in [4.69, 9.17) is 10.2 Å². The number of aliphatic carboxylic acids is 2. The second-order valence-corrected chi connectivity index (χ2v) is 1.65. The fraction of sp³-hybridized carbons (Fsp3) is 0.500. The van der Waals surface area contributed by atoms with Crippen LogP contribution >= 0.6 is 0 Å². The van der Waals surface area contributed by atoms with E-state index in [-0.39, 0.29) is 18.9 Å². The summed E-state index contributed by atoms with van der Waals surface area (Å²) in [5.74, 6) is -2.44. The van der Waals surface area contributed by atoms with Gasteiger partial charge in [-0.3, -0.25) is 0 Å². The Morgan fingerprint density at radius 1 is 1.10 bits per heavy atom. The normalized spacial score (nSPS) is 28.4. The van der Waals surface area contributed by atoms with Gasteiger partial charge in [0.15, 0.2) is 12.2 Å². The topological polar surface area (TPSA) is 87.1 Å². The first-order valence-electron chi connectivity index (χ1n) is 2.24. The molecule has 51 valence electrons. The summed E-state index contributed by atoms with van der Waals surface area (Å²) < 4.78 is 4.24. The van der Waals surface area contributed by atoms with Gasteiger partial charge >= 0.3 is 11.9 Å². The van der Waals surface area contributed by atoms with Gasteiger partial charge in [0.05, 0.1) is 0 Å². The van der Waals surface area contributed by atoms with Gasteiger partial charge in [0.2, 0.25) is 0 Å². The Kier molecular flexibility index (Phi) is 2.90. The molecular weight excluding hydrogens is 135 g/mol. The summed E-state index contributed by atoms with van der Waals surface area (Å²) in [5, 5.41) is 16.2. The molecule has 6 heteroatoms. The van der Waals surface area contributed by atoms with Crippen LogP contribution in [-0.4, -0.2) is 53.2 Å². The van der Waals surface area contributed by atoms with Crippen molar-refractivity contribution in [3.63, 3.8) is 0 Å². The average Bonchev–Trinajstić information content (AvgIpc) is 2.39. The number of carboxylic acids is 2. The molecule has 0 aliphatic carbocycles. The zero-order chi connectivity index (χ0) is 7.02. The summed E-state index contributed by atoms with van der Waals surface area (Å²) in [6.45, 7) is 0. The Hall–Kier alpha value is -0.503. The van der Waals surface area contributed by atoms with E-state index in [2.05, 4.69) is 4.74 Å². The van der Waals surface area contributed by atoms with Crippen LogP contribution in [0.4, 0.5) is 0 Å². The molecule has 2 atom stereocenters. The Morgan fingerprint density at radius 2 is 1.40 bits per heavy atom. The molecule has 1 aliphatic rings. The van der Waals surface area contributed by atoms with Crippen molar-refractivity contribution in [2.45, 2.75) is 12.2 Å². The zero-order valence-electron chi connectivity index (χ0n) is 5.27. The molecule has 0 amide bonds. The molecule has 1 fully saturated rings. The maximum absolute atomic E-state index is 9.89. The van der Waals surface area contributed by atoms with Crippen molar-refractivity contribution >= 4 is 30.8 Å². The van der Waals surface area contributed by atoms with E-state index >= 15 is 0 Å². The molecule has 1 saturated heterocycles. The van der Waals surface area contributed by atoms with E-state index in [1.807, 2.05) is 0 Å². The van der Waals surface area contributed by atoms with Crippen LogP contribution in [-0.2, 0) is 14.3 Å². The van der Waals surface area contributed by atoms with Crippen LogP contribution in [0.5, 0.6) is 0 Å². The van der Waals surface area contributed by atoms with Crippen molar-refractivity contribution in [2.24, 2.45) is 0 Å². The Bertz CT molecular complexity index is 149. The van der Waals surface area contributed by atoms with Gasteiger partial charge in [-0.1, -0.05) is 0 Å². The van der Waals surface area contributed by atoms with Gasteiger partial charge < -0.3 is 14.9 Å². The van der Waals surface area contributed by atoms with Gasteiger partial charge in [0.25, 0.3) is 0 Å². The number of hydrogen-bond acceptors (Lipinski definition) is 3. The van der Waals surface area contributed by atoms with Gasteiger partial charge in [-0.25, -0.2) is 9.59 Å². The summed E-state index contributed by atoms with van der Waals surface area (Å²) in [5.41, 5.74) is 0. The van der Waals surface area contributed by atoms with Gasteiger partial charge in [-0.05, 0) is 0 Å². The van der Waals surface area contributed by atoms with Crippen molar-refractivity contribution in [1.29, 1.82) is 0 Å². The number of hydrogen-bond donors (Lipinski definition) is 2. The molecule has 0 aromatic rings. The van der Waals surface area contributed by atoms with E-state index in [0.717, 1.165) is 0 Å². The van der Waals surface area contributed by atoms with Crippen molar-refractivity contribution < 1.29 is 24.5 Å². The number of epoxide rings is 1. The second kappa shape index (κ2) is 3.06. The molecule has 0 bridgehead atoms. The summed E-state index contributed by atoms with van der Waals surface area (Å²) >= 11 is 0. The van der Waals surface area contributed by atoms with Crippen molar-refractivity contribution in [3.8, 4) is 0 Å². The summed E-state index contributed by atoms with van der Waals surface area (Å²) in [4.78, 5) is 19.8. The third kappa shape index (κ3) is 1.74. The van der Waals surface area contributed by atoms with E-state index < -0.39 is 24.1 Å². The minimum atomic E-state index is -1.22. The molecule has 0 aromatic heterocycles. The quantitative estimate of drug-likeness (QED) is 0.360. The van der Waals surface area contributed by atoms with Gasteiger partial charge in [0.1, 0.15) is 0 Å². The van der Waals surface area contributed by atoms with Crippen LogP contribution in [0.15, 0.2) is 0 Å². The van der Waals surface area contributed by atoms with Crippen LogP contribution in [0.2, 0.25) is 0 Å². The minimum Gasteiger partial charge on any atom is -0.479 e. The molecule has 1 rings (SSSR count). The molecular formula is C4H4LiO5. The average molecular weight is 139 g/mol. The van der Waals surface area contributed by atoms with E-state index in [1.165, 1.54) is 0 Å². The number of carboxylic acid groups (broad SMARTS) is 2. The standard InChI is InChI=1S/C4H4O5.Li/c5-3(6)1-2(9-1)4(7)8;/h1-2H,(H,5,6)(H,7,8);. The van der Waals surface area contributed by atoms with Crippen molar-refractivity contribution in [2.75, 3.05) is 0 Å². The predicted molar refractivity (Wildman–Crippen MR) is 29.7 cm³/mol. The molecule has 0 aromatic carbocycles. The molecule has 2 unspecified atom stereocenters. The molecule has 1 aliphatic heterocycles. The maximum Gasteiger partial charge on any atom is 0.336 e. The van der Waals surface area contributed by atoms with Gasteiger partial charge in [0, 0.05) is 18.9 Å². The van der Waals surface area contributed by atoms with Crippen LogP contribution in [0.25, 0.3) is 0 Å². The smallest absolute Gasteiger partial charge is 0.336 e. The van der Waals surface area contributed by atoms with Crippen molar-refractivity contribution in [3.05, 3.63) is 0 Å². The first-order valence-corrected chi connectivity index (χ1v) is 2.24. The Morgan fingerprint density at radius 3 is 1.50 bits per heavy atom. The number of rotatable bonds is 2. The molecule has 1 radical (unpaired) electrons. The van der Waals surface area contributed by atoms with Crippen LogP contribution in [0.1, 0.15) is 0 Å². The molecule has 5 nitrogen and oxygen atoms in total. The van der Waals surface area contributed by atoms with Crippen molar-refractivity contribution in [1.82, 2.24) is 0 Å². The monoisotopic (exact) mass is 139 g/mol. The van der Waals surface area contributed by atoms with E-state index in [0.29, 0.717) is 0 Å². The SMILES string of the molecule is O=C(O)C1OC1C(=O)O.[Li]. The summed E-state index contributed by atoms with van der Waals surface area (Å²) in [6.07, 6.45) is -2.25. The molecule has 0 saturated carbocycles. The summed E-state index contributed by atoms with van der Waals surface area (Å²) in [7, 11) is 0. The third-order valence-electron chi connectivity index (χ3n) is 0.978. The second-order valence-electron chi connectivity index (χ2n) is 1.65. The first kappa shape index (κ1) is 9.50. The fourth-order valence-corrected chi connectivity index (χ4v) is 0.488. The molecule has 10 heavy (non-hydrogen) atoms. The summed E-state index contributed by atoms with van der Waals surface area (Å²) in [6, 6.07) is 0. The predicted octanol–water partition coefficient (Wildman–Crippen LogP) is -1.46. The van der Waals surface area contributed by atoms with Gasteiger partial charge in [-0.15, -0.1) is 0 Å². The Balaban J connectivity index is 0.000000810. The largest absolute Gasteiger partial charge is 0.479 e. The van der Waals surface area contributed by atoms with Crippen LogP contribution in [0, 0.1) is 0 Å². The van der Waals surface area contributed by atoms with E-state index in [1.54, 1.807) is 0 Å². The van der Waals surface area contributed by atoms with Gasteiger partial charge in [-0.2, -0.15) is 0 Å². The third-order valence-corrected chi connectivity index (χ3v) is 0.978. The Labute approximate surface area is 68.2 Å². The van der Waals surface area contributed by atoms with Crippen LogP contribution in [0.3, 0.4) is 0 Å². The van der Waals surface area contributed by atoms with Crippen LogP contribution < -0.4 is 0 Å². The zero-order valence-corrected chi connectivity index (χ0v) is 5.27. The minimum absolute atomic E-state index is 0. The number of carbonyl (C=O) groups is 2. The first-order chi connectivity index (χ1) is 4.13. The maximum atomic E-state index is 9.89. The molecule has 2 N–H and O–H groups in total.